The van der Waals surface area contributed by atoms with Crippen LogP contribution in [0.3, 0.4) is 0 Å². The summed E-state index contributed by atoms with van der Waals surface area (Å²) in [5.74, 6) is 6.35. The number of ether oxygens (including phenoxy) is 1. The maximum absolute atomic E-state index is 11.6. The van der Waals surface area contributed by atoms with Gasteiger partial charge in [-0.25, -0.2) is 4.68 Å². The molecule has 17 heavy (non-hydrogen) atoms. The first-order chi connectivity index (χ1) is 8.11. The van der Waals surface area contributed by atoms with Gasteiger partial charge in [-0.05, 0) is 36.2 Å². The van der Waals surface area contributed by atoms with Crippen molar-refractivity contribution in [2.45, 2.75) is 6.92 Å². The first-order valence-corrected chi connectivity index (χ1v) is 5.25. The molecule has 2 aromatic rings. The molecule has 2 rings (SSSR count). The van der Waals surface area contributed by atoms with Crippen LogP contribution in [0.2, 0.25) is 0 Å². The van der Waals surface area contributed by atoms with E-state index in [4.69, 9.17) is 10.6 Å². The van der Waals surface area contributed by atoms with Crippen molar-refractivity contribution in [3.05, 3.63) is 52.4 Å². The number of hydrogen-bond donors (Lipinski definition) is 1. The maximum Gasteiger partial charge on any atom is 0.269 e. The molecule has 0 amide bonds. The van der Waals surface area contributed by atoms with Crippen molar-refractivity contribution in [2.75, 3.05) is 13.0 Å². The van der Waals surface area contributed by atoms with E-state index in [1.165, 1.54) is 6.07 Å². The Balaban J connectivity index is 2.49. The molecule has 0 aliphatic heterocycles. The van der Waals surface area contributed by atoms with Gasteiger partial charge in [-0.1, -0.05) is 12.1 Å². The third kappa shape index (κ3) is 2.15. The minimum absolute atomic E-state index is 0.212. The molecular formula is C13H14N2O2. The number of benzene rings is 1. The van der Waals surface area contributed by atoms with Gasteiger partial charge in [0.15, 0.2) is 0 Å². The highest BCUT2D eigenvalue weighted by molar-refractivity contribution is 5.64. The Bertz CT molecular complexity index is 585. The van der Waals surface area contributed by atoms with Crippen LogP contribution in [0.1, 0.15) is 5.69 Å². The predicted molar refractivity (Wildman–Crippen MR) is 67.6 cm³/mol. The number of aromatic nitrogens is 1. The Labute approximate surface area is 99.2 Å². The molecule has 0 bridgehead atoms. The van der Waals surface area contributed by atoms with Crippen LogP contribution in [0.15, 0.2) is 41.2 Å². The van der Waals surface area contributed by atoms with Gasteiger partial charge >= 0.3 is 0 Å². The third-order valence-electron chi connectivity index (χ3n) is 2.68. The molecule has 0 atom stereocenters. The lowest BCUT2D eigenvalue weighted by molar-refractivity contribution is 0.415. The lowest BCUT2D eigenvalue weighted by atomic mass is 10.1. The molecule has 4 nitrogen and oxygen atoms in total. The van der Waals surface area contributed by atoms with Gasteiger partial charge in [0.25, 0.3) is 5.56 Å². The summed E-state index contributed by atoms with van der Waals surface area (Å²) in [5.41, 5.74) is 2.34. The number of aryl methyl sites for hydroxylation is 1. The van der Waals surface area contributed by atoms with Crippen molar-refractivity contribution in [2.24, 2.45) is 0 Å². The van der Waals surface area contributed by atoms with Gasteiger partial charge in [-0.2, -0.15) is 0 Å². The highest BCUT2D eigenvalue weighted by Crippen LogP contribution is 2.21. The van der Waals surface area contributed by atoms with Crippen LogP contribution in [0.4, 0.5) is 0 Å². The second kappa shape index (κ2) is 4.33. The van der Waals surface area contributed by atoms with E-state index >= 15 is 0 Å². The first-order valence-electron chi connectivity index (χ1n) is 5.25. The second-order valence-corrected chi connectivity index (χ2v) is 3.82. The number of nitrogen functional groups attached to an aromatic ring is 1. The molecule has 1 aromatic carbocycles. The Kier molecular flexibility index (Phi) is 2.87. The highest BCUT2D eigenvalue weighted by atomic mass is 16.5. The Morgan fingerprint density at radius 1 is 1.12 bits per heavy atom. The molecule has 88 valence electrons. The van der Waals surface area contributed by atoms with E-state index < -0.39 is 0 Å². The first kappa shape index (κ1) is 11.3. The zero-order valence-corrected chi connectivity index (χ0v) is 9.81. The fourth-order valence-electron chi connectivity index (χ4n) is 1.66. The molecule has 0 spiro atoms. The van der Waals surface area contributed by atoms with Crippen LogP contribution < -0.4 is 16.1 Å². The minimum Gasteiger partial charge on any atom is -0.497 e. The third-order valence-corrected chi connectivity index (χ3v) is 2.68. The minimum atomic E-state index is -0.212. The van der Waals surface area contributed by atoms with Gasteiger partial charge in [-0.3, -0.25) is 4.79 Å². The zero-order valence-electron chi connectivity index (χ0n) is 9.81. The lowest BCUT2D eigenvalue weighted by Crippen LogP contribution is -2.28. The van der Waals surface area contributed by atoms with E-state index in [1.54, 1.807) is 14.0 Å². The van der Waals surface area contributed by atoms with Crippen molar-refractivity contribution < 1.29 is 4.74 Å². The smallest absolute Gasteiger partial charge is 0.269 e. The molecule has 0 fully saturated rings. The van der Waals surface area contributed by atoms with Gasteiger partial charge in [0.05, 0.1) is 7.11 Å². The SMILES string of the molecule is COc1ccc(-c2cc(C)n(N)c(=O)c2)cc1. The quantitative estimate of drug-likeness (QED) is 0.796. The van der Waals surface area contributed by atoms with Crippen LogP contribution in [-0.2, 0) is 0 Å². The molecule has 1 aromatic heterocycles. The van der Waals surface area contributed by atoms with Crippen LogP contribution in [0, 0.1) is 6.92 Å². The Morgan fingerprint density at radius 3 is 2.29 bits per heavy atom. The summed E-state index contributed by atoms with van der Waals surface area (Å²) >= 11 is 0. The summed E-state index contributed by atoms with van der Waals surface area (Å²) in [7, 11) is 1.62. The normalized spacial score (nSPS) is 10.2. The molecule has 0 unspecified atom stereocenters. The number of hydrogen-bond acceptors (Lipinski definition) is 3. The van der Waals surface area contributed by atoms with Crippen LogP contribution >= 0.6 is 0 Å². The number of methoxy groups -OCH3 is 1. The molecule has 0 aliphatic rings. The molecule has 0 saturated carbocycles. The van der Waals surface area contributed by atoms with Gasteiger partial charge in [-0.15, -0.1) is 0 Å². The molecule has 0 aliphatic carbocycles. The zero-order chi connectivity index (χ0) is 12.4. The molecule has 0 saturated heterocycles. The molecular weight excluding hydrogens is 216 g/mol. The van der Waals surface area contributed by atoms with E-state index in [2.05, 4.69) is 0 Å². The predicted octanol–water partition coefficient (Wildman–Crippen LogP) is 1.55. The number of nitrogens with two attached hydrogens (primary N) is 1. The Morgan fingerprint density at radius 2 is 1.76 bits per heavy atom. The van der Waals surface area contributed by atoms with Crippen molar-refractivity contribution in [1.29, 1.82) is 0 Å². The summed E-state index contributed by atoms with van der Waals surface area (Å²) in [6, 6.07) is 10.9. The summed E-state index contributed by atoms with van der Waals surface area (Å²) in [5, 5.41) is 0. The second-order valence-electron chi connectivity index (χ2n) is 3.82. The van der Waals surface area contributed by atoms with Crippen molar-refractivity contribution in [3.63, 3.8) is 0 Å². The van der Waals surface area contributed by atoms with Crippen molar-refractivity contribution in [1.82, 2.24) is 4.68 Å². The molecule has 4 heteroatoms. The topological polar surface area (TPSA) is 57.2 Å². The average Bonchev–Trinajstić information content (AvgIpc) is 2.35. The van der Waals surface area contributed by atoms with E-state index in [0.717, 1.165) is 27.2 Å². The van der Waals surface area contributed by atoms with Crippen LogP contribution in [-0.4, -0.2) is 11.8 Å². The van der Waals surface area contributed by atoms with Crippen LogP contribution in [0.5, 0.6) is 5.75 Å². The monoisotopic (exact) mass is 230 g/mol. The fourth-order valence-corrected chi connectivity index (χ4v) is 1.66. The van der Waals surface area contributed by atoms with E-state index in [-0.39, 0.29) is 5.56 Å². The van der Waals surface area contributed by atoms with E-state index in [9.17, 15) is 4.79 Å². The molecule has 0 radical (unpaired) electrons. The summed E-state index contributed by atoms with van der Waals surface area (Å²) in [4.78, 5) is 11.6. The number of pyridine rings is 1. The number of nitrogens with zero attached hydrogens (tertiary/aromatic N) is 1. The van der Waals surface area contributed by atoms with Gasteiger partial charge in [0.2, 0.25) is 0 Å². The van der Waals surface area contributed by atoms with Gasteiger partial charge in [0.1, 0.15) is 5.75 Å². The van der Waals surface area contributed by atoms with E-state index in [1.807, 2.05) is 30.3 Å². The standard InChI is InChI=1S/C13H14N2O2/c1-9-7-11(8-13(16)15(9)14)10-3-5-12(17-2)6-4-10/h3-8H,14H2,1-2H3. The molecule has 2 N–H and O–H groups in total. The fraction of sp³-hybridized carbons (Fsp3) is 0.154. The summed E-state index contributed by atoms with van der Waals surface area (Å²) < 4.78 is 6.22. The summed E-state index contributed by atoms with van der Waals surface area (Å²) in [6.45, 7) is 1.80. The average molecular weight is 230 g/mol. The molecule has 1 heterocycles. The van der Waals surface area contributed by atoms with Gasteiger partial charge < -0.3 is 10.6 Å². The maximum atomic E-state index is 11.6. The highest BCUT2D eigenvalue weighted by Gasteiger charge is 2.03. The largest absolute Gasteiger partial charge is 0.497 e. The van der Waals surface area contributed by atoms with E-state index in [0.29, 0.717) is 0 Å². The number of rotatable bonds is 2. The Hall–Kier alpha value is -2.23. The van der Waals surface area contributed by atoms with Crippen molar-refractivity contribution in [3.8, 4) is 16.9 Å². The summed E-state index contributed by atoms with van der Waals surface area (Å²) in [6.07, 6.45) is 0. The van der Waals surface area contributed by atoms with Gasteiger partial charge in [0, 0.05) is 11.8 Å². The van der Waals surface area contributed by atoms with Crippen molar-refractivity contribution >= 4 is 0 Å². The lowest BCUT2D eigenvalue weighted by Gasteiger charge is -2.07. The van der Waals surface area contributed by atoms with Crippen LogP contribution in [0.25, 0.3) is 11.1 Å².